The SMILES string of the molecule is COc1ccc2oc3c(c2c1)C(=O)CCC3. The maximum absolute atomic E-state index is 11.9. The molecule has 0 saturated heterocycles. The zero-order valence-electron chi connectivity index (χ0n) is 9.08. The largest absolute Gasteiger partial charge is 0.497 e. The van der Waals surface area contributed by atoms with Crippen LogP contribution in [-0.2, 0) is 6.42 Å². The van der Waals surface area contributed by atoms with Crippen LogP contribution in [0.25, 0.3) is 11.0 Å². The first-order chi connectivity index (χ1) is 7.79. The van der Waals surface area contributed by atoms with E-state index in [1.165, 1.54) is 0 Å². The molecule has 1 aromatic heterocycles. The summed E-state index contributed by atoms with van der Waals surface area (Å²) in [4.78, 5) is 11.9. The average molecular weight is 216 g/mol. The fraction of sp³-hybridized carbons (Fsp3) is 0.308. The molecule has 3 heteroatoms. The van der Waals surface area contributed by atoms with Gasteiger partial charge < -0.3 is 9.15 Å². The molecule has 0 fully saturated rings. The van der Waals surface area contributed by atoms with Gasteiger partial charge in [-0.1, -0.05) is 0 Å². The molecule has 0 N–H and O–H groups in total. The van der Waals surface area contributed by atoms with E-state index >= 15 is 0 Å². The molecule has 16 heavy (non-hydrogen) atoms. The standard InChI is InChI=1S/C13H12O3/c1-15-8-5-6-11-9(7-8)13-10(14)3-2-4-12(13)16-11/h5-7H,2-4H2,1H3. The van der Waals surface area contributed by atoms with Gasteiger partial charge in [0.2, 0.25) is 0 Å². The highest BCUT2D eigenvalue weighted by Gasteiger charge is 2.24. The minimum atomic E-state index is 0.188. The van der Waals surface area contributed by atoms with Gasteiger partial charge >= 0.3 is 0 Å². The van der Waals surface area contributed by atoms with Gasteiger partial charge in [-0.3, -0.25) is 4.79 Å². The summed E-state index contributed by atoms with van der Waals surface area (Å²) in [5.41, 5.74) is 1.54. The lowest BCUT2D eigenvalue weighted by molar-refractivity contribution is 0.0971. The molecule has 0 aliphatic heterocycles. The summed E-state index contributed by atoms with van der Waals surface area (Å²) < 4.78 is 10.8. The zero-order valence-corrected chi connectivity index (χ0v) is 9.08. The monoisotopic (exact) mass is 216 g/mol. The summed E-state index contributed by atoms with van der Waals surface area (Å²) in [6, 6.07) is 5.59. The van der Waals surface area contributed by atoms with Gasteiger partial charge in [0.15, 0.2) is 5.78 Å². The van der Waals surface area contributed by atoms with E-state index in [1.807, 2.05) is 18.2 Å². The van der Waals surface area contributed by atoms with Gasteiger partial charge in [-0.2, -0.15) is 0 Å². The van der Waals surface area contributed by atoms with Gasteiger partial charge in [-0.15, -0.1) is 0 Å². The number of aryl methyl sites for hydroxylation is 1. The summed E-state index contributed by atoms with van der Waals surface area (Å²) >= 11 is 0. The van der Waals surface area contributed by atoms with Crippen LogP contribution in [0.5, 0.6) is 5.75 Å². The van der Waals surface area contributed by atoms with Crippen molar-refractivity contribution in [3.8, 4) is 5.75 Å². The Hall–Kier alpha value is -1.77. The van der Waals surface area contributed by atoms with Crippen molar-refractivity contribution in [2.24, 2.45) is 0 Å². The molecule has 0 saturated carbocycles. The van der Waals surface area contributed by atoms with E-state index in [-0.39, 0.29) is 5.78 Å². The maximum atomic E-state index is 11.9. The van der Waals surface area contributed by atoms with Crippen LogP contribution < -0.4 is 4.74 Å². The van der Waals surface area contributed by atoms with Crippen LogP contribution >= 0.6 is 0 Å². The highest BCUT2D eigenvalue weighted by atomic mass is 16.5. The molecule has 1 heterocycles. The molecular formula is C13H12O3. The molecule has 1 aliphatic carbocycles. The number of hydrogen-bond acceptors (Lipinski definition) is 3. The number of furan rings is 1. The molecule has 3 nitrogen and oxygen atoms in total. The molecule has 0 spiro atoms. The van der Waals surface area contributed by atoms with Crippen molar-refractivity contribution in [3.63, 3.8) is 0 Å². The van der Waals surface area contributed by atoms with Gasteiger partial charge in [-0.25, -0.2) is 0 Å². The number of Topliss-reactive ketones (excluding diaryl/α,β-unsaturated/α-hetero) is 1. The molecule has 0 bridgehead atoms. The van der Waals surface area contributed by atoms with Crippen molar-refractivity contribution in [3.05, 3.63) is 29.5 Å². The Morgan fingerprint density at radius 1 is 1.31 bits per heavy atom. The molecular weight excluding hydrogens is 204 g/mol. The van der Waals surface area contributed by atoms with Crippen LogP contribution in [0.1, 0.15) is 29.0 Å². The molecule has 82 valence electrons. The Morgan fingerprint density at radius 3 is 3.00 bits per heavy atom. The van der Waals surface area contributed by atoms with E-state index in [4.69, 9.17) is 9.15 Å². The van der Waals surface area contributed by atoms with Gasteiger partial charge in [0.25, 0.3) is 0 Å². The van der Waals surface area contributed by atoms with Crippen LogP contribution in [0.3, 0.4) is 0 Å². The minimum absolute atomic E-state index is 0.188. The van der Waals surface area contributed by atoms with Gasteiger partial charge in [0.1, 0.15) is 17.1 Å². The number of fused-ring (bicyclic) bond motifs is 3. The number of rotatable bonds is 1. The van der Waals surface area contributed by atoms with Crippen LogP contribution in [0, 0.1) is 0 Å². The molecule has 1 aliphatic rings. The van der Waals surface area contributed by atoms with E-state index in [2.05, 4.69) is 0 Å². The number of methoxy groups -OCH3 is 1. The second-order valence-corrected chi connectivity index (χ2v) is 4.04. The smallest absolute Gasteiger partial charge is 0.167 e. The number of carbonyl (C=O) groups excluding carboxylic acids is 1. The van der Waals surface area contributed by atoms with Crippen molar-refractivity contribution in [2.45, 2.75) is 19.3 Å². The fourth-order valence-corrected chi connectivity index (χ4v) is 2.27. The molecule has 1 aromatic carbocycles. The summed E-state index contributed by atoms with van der Waals surface area (Å²) in [5.74, 6) is 1.78. The topological polar surface area (TPSA) is 39.4 Å². The van der Waals surface area contributed by atoms with Gasteiger partial charge in [-0.05, 0) is 24.6 Å². The van der Waals surface area contributed by atoms with E-state index < -0.39 is 0 Å². The minimum Gasteiger partial charge on any atom is -0.497 e. The van der Waals surface area contributed by atoms with Crippen molar-refractivity contribution in [1.29, 1.82) is 0 Å². The third-order valence-corrected chi connectivity index (χ3v) is 3.05. The average Bonchev–Trinajstić information content (AvgIpc) is 2.67. The fourth-order valence-electron chi connectivity index (χ4n) is 2.27. The van der Waals surface area contributed by atoms with Crippen molar-refractivity contribution in [1.82, 2.24) is 0 Å². The predicted octanol–water partition coefficient (Wildman–Crippen LogP) is 2.96. The van der Waals surface area contributed by atoms with Crippen LogP contribution in [-0.4, -0.2) is 12.9 Å². The first kappa shape index (κ1) is 9.46. The van der Waals surface area contributed by atoms with Crippen molar-refractivity contribution < 1.29 is 13.9 Å². The summed E-state index contributed by atoms with van der Waals surface area (Å²) in [6.45, 7) is 0. The van der Waals surface area contributed by atoms with Crippen LogP contribution in [0.4, 0.5) is 0 Å². The number of ketones is 1. The molecule has 0 amide bonds. The highest BCUT2D eigenvalue weighted by molar-refractivity contribution is 6.09. The maximum Gasteiger partial charge on any atom is 0.167 e. The Kier molecular flexibility index (Phi) is 1.99. The van der Waals surface area contributed by atoms with Crippen LogP contribution in [0.15, 0.2) is 22.6 Å². The Labute approximate surface area is 93.0 Å². The van der Waals surface area contributed by atoms with Crippen LogP contribution in [0.2, 0.25) is 0 Å². The Balaban J connectivity index is 2.31. The lowest BCUT2D eigenvalue weighted by Crippen LogP contribution is -2.08. The summed E-state index contributed by atoms with van der Waals surface area (Å²) in [6.07, 6.45) is 2.37. The molecule has 0 atom stereocenters. The highest BCUT2D eigenvalue weighted by Crippen LogP contribution is 2.33. The molecule has 2 aromatic rings. The van der Waals surface area contributed by atoms with E-state index in [1.54, 1.807) is 7.11 Å². The number of benzene rings is 1. The van der Waals surface area contributed by atoms with E-state index in [9.17, 15) is 4.79 Å². The van der Waals surface area contributed by atoms with E-state index in [0.29, 0.717) is 6.42 Å². The third kappa shape index (κ3) is 1.24. The van der Waals surface area contributed by atoms with E-state index in [0.717, 1.165) is 40.9 Å². The Bertz CT molecular complexity index is 566. The Morgan fingerprint density at radius 2 is 2.19 bits per heavy atom. The first-order valence-electron chi connectivity index (χ1n) is 5.42. The van der Waals surface area contributed by atoms with Crippen molar-refractivity contribution >= 4 is 16.8 Å². The number of ether oxygens (including phenoxy) is 1. The molecule has 0 radical (unpaired) electrons. The molecule has 3 rings (SSSR count). The normalized spacial score (nSPS) is 15.2. The predicted molar refractivity (Wildman–Crippen MR) is 60.0 cm³/mol. The quantitative estimate of drug-likeness (QED) is 0.735. The third-order valence-electron chi connectivity index (χ3n) is 3.05. The second-order valence-electron chi connectivity index (χ2n) is 4.04. The van der Waals surface area contributed by atoms with Crippen molar-refractivity contribution in [2.75, 3.05) is 7.11 Å². The zero-order chi connectivity index (χ0) is 11.1. The number of hydrogen-bond donors (Lipinski definition) is 0. The summed E-state index contributed by atoms with van der Waals surface area (Å²) in [5, 5.41) is 0.888. The second kappa shape index (κ2) is 3.37. The number of carbonyl (C=O) groups is 1. The lowest BCUT2D eigenvalue weighted by Gasteiger charge is -2.07. The van der Waals surface area contributed by atoms with Gasteiger partial charge in [0.05, 0.1) is 12.7 Å². The molecule has 0 unspecified atom stereocenters. The lowest BCUT2D eigenvalue weighted by atomic mass is 9.95. The van der Waals surface area contributed by atoms with Gasteiger partial charge in [0, 0.05) is 18.2 Å². The summed E-state index contributed by atoms with van der Waals surface area (Å²) in [7, 11) is 1.62. The first-order valence-corrected chi connectivity index (χ1v) is 5.42.